The largest absolute Gasteiger partial charge is 0.493 e. The Bertz CT molecular complexity index is 632. The van der Waals surface area contributed by atoms with E-state index in [0.29, 0.717) is 12.0 Å². The molecule has 2 heterocycles. The third kappa shape index (κ3) is 1.99. The van der Waals surface area contributed by atoms with Crippen molar-refractivity contribution < 1.29 is 14.2 Å². The number of hydrogen-bond acceptors (Lipinski definition) is 4. The van der Waals surface area contributed by atoms with Crippen LogP contribution in [0.25, 0.3) is 0 Å². The van der Waals surface area contributed by atoms with E-state index in [-0.39, 0.29) is 17.6 Å². The van der Waals surface area contributed by atoms with Gasteiger partial charge in [0.25, 0.3) is 0 Å². The molecule has 0 aromatic heterocycles. The molecule has 1 saturated carbocycles. The predicted molar refractivity (Wildman–Crippen MR) is 94.1 cm³/mol. The summed E-state index contributed by atoms with van der Waals surface area (Å²) in [6, 6.07) is 4.80. The van der Waals surface area contributed by atoms with E-state index >= 15 is 0 Å². The Hall–Kier alpha value is -1.26. The van der Waals surface area contributed by atoms with Gasteiger partial charge in [0.05, 0.1) is 13.2 Å². The molecule has 1 aromatic carbocycles. The van der Waals surface area contributed by atoms with Crippen molar-refractivity contribution in [2.45, 2.75) is 63.2 Å². The first kappa shape index (κ1) is 16.2. The fourth-order valence-electron chi connectivity index (χ4n) is 5.66. The van der Waals surface area contributed by atoms with E-state index in [4.69, 9.17) is 14.2 Å². The molecule has 132 valence electrons. The van der Waals surface area contributed by atoms with Gasteiger partial charge in [-0.25, -0.2) is 0 Å². The topological polar surface area (TPSA) is 39.7 Å². The van der Waals surface area contributed by atoms with Gasteiger partial charge in [-0.3, -0.25) is 0 Å². The van der Waals surface area contributed by atoms with E-state index in [1.807, 2.05) is 7.11 Å². The first-order chi connectivity index (χ1) is 11.7. The summed E-state index contributed by atoms with van der Waals surface area (Å²) in [5, 5.41) is 3.69. The molecule has 1 aliphatic carbocycles. The lowest BCUT2D eigenvalue weighted by molar-refractivity contribution is -0.0878. The zero-order chi connectivity index (χ0) is 16.9. The number of hydrogen-bond donors (Lipinski definition) is 1. The molecule has 0 amide bonds. The van der Waals surface area contributed by atoms with Crippen LogP contribution in [0.3, 0.4) is 0 Å². The smallest absolute Gasteiger partial charge is 0.165 e. The van der Waals surface area contributed by atoms with Gasteiger partial charge >= 0.3 is 0 Å². The van der Waals surface area contributed by atoms with Crippen LogP contribution in [-0.4, -0.2) is 39.0 Å². The van der Waals surface area contributed by atoms with Gasteiger partial charge < -0.3 is 19.5 Å². The van der Waals surface area contributed by atoms with Crippen LogP contribution in [0, 0.1) is 5.92 Å². The summed E-state index contributed by atoms with van der Waals surface area (Å²) in [6.07, 6.45) is 4.65. The SMILES string of the molecule is CCc1ccc(OC)c2c1C13CCNC(C)C1CCC(OC)[C@@H]3O2. The molecule has 1 N–H and O–H groups in total. The first-order valence-electron chi connectivity index (χ1n) is 9.30. The summed E-state index contributed by atoms with van der Waals surface area (Å²) in [4.78, 5) is 0. The van der Waals surface area contributed by atoms with Crippen molar-refractivity contribution in [2.75, 3.05) is 20.8 Å². The molecule has 0 radical (unpaired) electrons. The highest BCUT2D eigenvalue weighted by Crippen LogP contribution is 2.60. The summed E-state index contributed by atoms with van der Waals surface area (Å²) in [5.41, 5.74) is 2.87. The third-order valence-corrected chi connectivity index (χ3v) is 6.70. The predicted octanol–water partition coefficient (Wildman–Crippen LogP) is 3.06. The fraction of sp³-hybridized carbons (Fsp3) is 0.700. The molecule has 4 heteroatoms. The molecule has 3 aliphatic rings. The average Bonchev–Trinajstić information content (AvgIpc) is 2.95. The molecule has 1 saturated heterocycles. The Labute approximate surface area is 144 Å². The number of nitrogens with one attached hydrogen (secondary N) is 1. The Balaban J connectivity index is 1.95. The van der Waals surface area contributed by atoms with Crippen molar-refractivity contribution in [3.63, 3.8) is 0 Å². The molecule has 24 heavy (non-hydrogen) atoms. The normalized spacial score (nSPS) is 37.2. The van der Waals surface area contributed by atoms with Gasteiger partial charge in [0.1, 0.15) is 6.10 Å². The van der Waals surface area contributed by atoms with E-state index in [9.17, 15) is 0 Å². The molecular formula is C20H29NO3. The second-order valence-corrected chi connectivity index (χ2v) is 7.51. The van der Waals surface area contributed by atoms with Gasteiger partial charge in [-0.15, -0.1) is 0 Å². The van der Waals surface area contributed by atoms with Gasteiger partial charge in [0.2, 0.25) is 0 Å². The second-order valence-electron chi connectivity index (χ2n) is 7.51. The fourth-order valence-corrected chi connectivity index (χ4v) is 5.66. The van der Waals surface area contributed by atoms with Crippen LogP contribution >= 0.6 is 0 Å². The van der Waals surface area contributed by atoms with Gasteiger partial charge in [-0.2, -0.15) is 0 Å². The minimum atomic E-state index is 0.0544. The number of rotatable bonds is 3. The minimum Gasteiger partial charge on any atom is -0.493 e. The number of ether oxygens (including phenoxy) is 3. The summed E-state index contributed by atoms with van der Waals surface area (Å²) < 4.78 is 18.1. The molecule has 4 rings (SSSR count). The molecule has 4 unspecified atom stereocenters. The molecule has 4 nitrogen and oxygen atoms in total. The quantitative estimate of drug-likeness (QED) is 0.924. The Morgan fingerprint density at radius 2 is 2.12 bits per heavy atom. The molecule has 1 spiro atoms. The van der Waals surface area contributed by atoms with Gasteiger partial charge in [-0.1, -0.05) is 13.0 Å². The number of benzene rings is 1. The van der Waals surface area contributed by atoms with Crippen LogP contribution in [0.2, 0.25) is 0 Å². The number of aryl methyl sites for hydroxylation is 1. The van der Waals surface area contributed by atoms with Crippen molar-refractivity contribution in [1.82, 2.24) is 5.32 Å². The van der Waals surface area contributed by atoms with Crippen molar-refractivity contribution >= 4 is 0 Å². The molecule has 1 aromatic rings. The highest BCUT2D eigenvalue weighted by Gasteiger charge is 2.62. The van der Waals surface area contributed by atoms with E-state index in [1.54, 1.807) is 7.11 Å². The van der Waals surface area contributed by atoms with Crippen molar-refractivity contribution in [1.29, 1.82) is 0 Å². The molecule has 2 aliphatic heterocycles. The number of methoxy groups -OCH3 is 2. The Morgan fingerprint density at radius 1 is 1.29 bits per heavy atom. The first-order valence-corrected chi connectivity index (χ1v) is 9.30. The van der Waals surface area contributed by atoms with Crippen molar-refractivity contribution in [3.8, 4) is 11.5 Å². The number of fused-ring (bicyclic) bond motifs is 1. The zero-order valence-corrected chi connectivity index (χ0v) is 15.2. The van der Waals surface area contributed by atoms with Crippen LogP contribution in [0.1, 0.15) is 44.2 Å². The van der Waals surface area contributed by atoms with Crippen LogP contribution < -0.4 is 14.8 Å². The lowest BCUT2D eigenvalue weighted by Crippen LogP contribution is -2.63. The standard InChI is InChI=1S/C20H29NO3/c1-5-13-6-8-15(22-3)18-17(13)20-10-11-21-12(2)14(20)7-9-16(23-4)19(20)24-18/h6,8,12,14,16,19,21H,5,7,9-11H2,1-4H3/t12?,14?,16?,19-,20?/m0/s1. The highest BCUT2D eigenvalue weighted by atomic mass is 16.6. The maximum Gasteiger partial charge on any atom is 0.165 e. The number of piperidine rings is 1. The lowest BCUT2D eigenvalue weighted by atomic mass is 9.55. The molecule has 0 bridgehead atoms. The molecule has 2 fully saturated rings. The summed E-state index contributed by atoms with van der Waals surface area (Å²) in [6.45, 7) is 5.61. The minimum absolute atomic E-state index is 0.0544. The van der Waals surface area contributed by atoms with Gasteiger partial charge in [-0.05, 0) is 56.7 Å². The summed E-state index contributed by atoms with van der Waals surface area (Å²) in [5.74, 6) is 2.43. The van der Waals surface area contributed by atoms with Gasteiger partial charge in [0, 0.05) is 24.1 Å². The van der Waals surface area contributed by atoms with Crippen LogP contribution in [0.4, 0.5) is 0 Å². The lowest BCUT2D eigenvalue weighted by Gasteiger charge is -2.53. The Morgan fingerprint density at radius 3 is 2.83 bits per heavy atom. The third-order valence-electron chi connectivity index (χ3n) is 6.70. The van der Waals surface area contributed by atoms with Crippen LogP contribution in [0.15, 0.2) is 12.1 Å². The van der Waals surface area contributed by atoms with Crippen LogP contribution in [-0.2, 0) is 16.6 Å². The zero-order valence-electron chi connectivity index (χ0n) is 15.2. The monoisotopic (exact) mass is 331 g/mol. The summed E-state index contributed by atoms with van der Waals surface area (Å²) >= 11 is 0. The Kier molecular flexibility index (Phi) is 4.00. The maximum absolute atomic E-state index is 6.61. The van der Waals surface area contributed by atoms with Crippen molar-refractivity contribution in [2.24, 2.45) is 5.92 Å². The van der Waals surface area contributed by atoms with E-state index < -0.39 is 0 Å². The maximum atomic E-state index is 6.61. The second kappa shape index (κ2) is 5.92. The average molecular weight is 331 g/mol. The van der Waals surface area contributed by atoms with Gasteiger partial charge in [0.15, 0.2) is 11.5 Å². The van der Waals surface area contributed by atoms with E-state index in [1.165, 1.54) is 17.5 Å². The van der Waals surface area contributed by atoms with E-state index in [0.717, 1.165) is 37.3 Å². The summed E-state index contributed by atoms with van der Waals surface area (Å²) in [7, 11) is 3.56. The van der Waals surface area contributed by atoms with E-state index in [2.05, 4.69) is 31.3 Å². The highest BCUT2D eigenvalue weighted by molar-refractivity contribution is 5.59. The molecular weight excluding hydrogens is 302 g/mol. The molecule has 5 atom stereocenters. The van der Waals surface area contributed by atoms with Crippen LogP contribution in [0.5, 0.6) is 11.5 Å². The van der Waals surface area contributed by atoms with Crippen molar-refractivity contribution in [3.05, 3.63) is 23.3 Å².